The SMILES string of the molecule is CC1CCCC(O)(CNC(C)CS(C)(=O)=O)C1. The summed E-state index contributed by atoms with van der Waals surface area (Å²) < 4.78 is 22.2. The molecule has 4 nitrogen and oxygen atoms in total. The lowest BCUT2D eigenvalue weighted by atomic mass is 9.79. The predicted octanol–water partition coefficient (Wildman–Crippen LogP) is 0.950. The van der Waals surface area contributed by atoms with Crippen molar-refractivity contribution in [3.8, 4) is 0 Å². The van der Waals surface area contributed by atoms with E-state index in [1.54, 1.807) is 0 Å². The Morgan fingerprint density at radius 3 is 2.71 bits per heavy atom. The first-order valence-electron chi connectivity index (χ1n) is 6.34. The van der Waals surface area contributed by atoms with Crippen molar-refractivity contribution in [2.24, 2.45) is 5.92 Å². The van der Waals surface area contributed by atoms with Crippen LogP contribution in [-0.2, 0) is 9.84 Å². The van der Waals surface area contributed by atoms with Crippen LogP contribution in [-0.4, -0.2) is 43.7 Å². The zero-order valence-corrected chi connectivity index (χ0v) is 11.9. The van der Waals surface area contributed by atoms with Gasteiger partial charge in [-0.05, 0) is 25.7 Å². The summed E-state index contributed by atoms with van der Waals surface area (Å²) in [5, 5.41) is 13.5. The molecule has 2 N–H and O–H groups in total. The standard InChI is InChI=1S/C12H25NO3S/c1-10-5-4-6-12(14,7-10)9-13-11(2)8-17(3,15)16/h10-11,13-14H,4-9H2,1-3H3. The minimum absolute atomic E-state index is 0.105. The number of rotatable bonds is 5. The van der Waals surface area contributed by atoms with Gasteiger partial charge in [0.1, 0.15) is 9.84 Å². The van der Waals surface area contributed by atoms with Crippen molar-refractivity contribution < 1.29 is 13.5 Å². The molecule has 0 aromatic carbocycles. The van der Waals surface area contributed by atoms with Gasteiger partial charge >= 0.3 is 0 Å². The molecule has 17 heavy (non-hydrogen) atoms. The van der Waals surface area contributed by atoms with Crippen LogP contribution in [0.3, 0.4) is 0 Å². The molecule has 0 spiro atoms. The smallest absolute Gasteiger partial charge is 0.148 e. The van der Waals surface area contributed by atoms with Gasteiger partial charge in [-0.25, -0.2) is 8.42 Å². The highest BCUT2D eigenvalue weighted by Crippen LogP contribution is 2.31. The van der Waals surface area contributed by atoms with Gasteiger partial charge in [0.15, 0.2) is 0 Å². The molecule has 0 aromatic rings. The zero-order valence-electron chi connectivity index (χ0n) is 11.1. The van der Waals surface area contributed by atoms with Gasteiger partial charge in [0.05, 0.1) is 11.4 Å². The summed E-state index contributed by atoms with van der Waals surface area (Å²) in [4.78, 5) is 0. The summed E-state index contributed by atoms with van der Waals surface area (Å²) in [6.45, 7) is 4.49. The van der Waals surface area contributed by atoms with Gasteiger partial charge in [0, 0.05) is 18.8 Å². The molecule has 102 valence electrons. The van der Waals surface area contributed by atoms with Gasteiger partial charge in [-0.15, -0.1) is 0 Å². The zero-order chi connectivity index (χ0) is 13.1. The lowest BCUT2D eigenvalue weighted by Crippen LogP contribution is -2.47. The fourth-order valence-corrected chi connectivity index (χ4v) is 3.70. The highest BCUT2D eigenvalue weighted by molar-refractivity contribution is 7.90. The van der Waals surface area contributed by atoms with Crippen molar-refractivity contribution in [1.29, 1.82) is 0 Å². The van der Waals surface area contributed by atoms with E-state index in [1.807, 2.05) is 6.92 Å². The average molecular weight is 263 g/mol. The second-order valence-electron chi connectivity index (χ2n) is 5.80. The van der Waals surface area contributed by atoms with E-state index < -0.39 is 15.4 Å². The maximum atomic E-state index is 11.1. The van der Waals surface area contributed by atoms with Crippen molar-refractivity contribution in [3.63, 3.8) is 0 Å². The van der Waals surface area contributed by atoms with Crippen molar-refractivity contribution in [2.45, 2.75) is 51.2 Å². The molecule has 1 aliphatic rings. The summed E-state index contributed by atoms with van der Waals surface area (Å²) >= 11 is 0. The van der Waals surface area contributed by atoms with E-state index in [-0.39, 0.29) is 11.8 Å². The maximum absolute atomic E-state index is 11.1. The lowest BCUT2D eigenvalue weighted by molar-refractivity contribution is -0.0129. The van der Waals surface area contributed by atoms with Gasteiger partial charge in [-0.1, -0.05) is 19.8 Å². The van der Waals surface area contributed by atoms with Crippen LogP contribution >= 0.6 is 0 Å². The molecule has 5 heteroatoms. The van der Waals surface area contributed by atoms with Crippen molar-refractivity contribution in [1.82, 2.24) is 5.32 Å². The third-order valence-electron chi connectivity index (χ3n) is 3.40. The summed E-state index contributed by atoms with van der Waals surface area (Å²) in [6.07, 6.45) is 5.10. The van der Waals surface area contributed by atoms with Gasteiger partial charge < -0.3 is 10.4 Å². The third kappa shape index (κ3) is 5.84. The topological polar surface area (TPSA) is 66.4 Å². The number of nitrogens with one attached hydrogen (secondary N) is 1. The van der Waals surface area contributed by atoms with Crippen molar-refractivity contribution in [2.75, 3.05) is 18.6 Å². The Balaban J connectivity index is 2.39. The van der Waals surface area contributed by atoms with Crippen LogP contribution in [0.2, 0.25) is 0 Å². The molecule has 3 unspecified atom stereocenters. The number of aliphatic hydroxyl groups is 1. The Hall–Kier alpha value is -0.130. The molecule has 1 saturated carbocycles. The van der Waals surface area contributed by atoms with Crippen LogP contribution in [0, 0.1) is 5.92 Å². The fourth-order valence-electron chi connectivity index (χ4n) is 2.67. The molecule has 1 aliphatic carbocycles. The Bertz CT molecular complexity index is 342. The first-order chi connectivity index (χ1) is 7.70. The van der Waals surface area contributed by atoms with Crippen molar-refractivity contribution in [3.05, 3.63) is 0 Å². The van der Waals surface area contributed by atoms with Gasteiger partial charge in [0.2, 0.25) is 0 Å². The van der Waals surface area contributed by atoms with Gasteiger partial charge in [-0.2, -0.15) is 0 Å². The Morgan fingerprint density at radius 2 is 2.18 bits per heavy atom. The molecular formula is C12H25NO3S. The van der Waals surface area contributed by atoms with Crippen molar-refractivity contribution >= 4 is 9.84 Å². The molecule has 0 aromatic heterocycles. The first-order valence-corrected chi connectivity index (χ1v) is 8.40. The van der Waals surface area contributed by atoms with Gasteiger partial charge in [0.25, 0.3) is 0 Å². The summed E-state index contributed by atoms with van der Waals surface area (Å²) in [7, 11) is -2.95. The van der Waals surface area contributed by atoms with E-state index in [4.69, 9.17) is 0 Å². The number of hydrogen-bond acceptors (Lipinski definition) is 4. The molecule has 0 radical (unpaired) electrons. The number of sulfone groups is 1. The van der Waals surface area contributed by atoms with Crippen LogP contribution in [0.1, 0.15) is 39.5 Å². The molecule has 0 amide bonds. The van der Waals surface area contributed by atoms with Gasteiger partial charge in [-0.3, -0.25) is 0 Å². The predicted molar refractivity (Wildman–Crippen MR) is 69.8 cm³/mol. The largest absolute Gasteiger partial charge is 0.389 e. The van der Waals surface area contributed by atoms with E-state index in [9.17, 15) is 13.5 Å². The molecule has 0 aliphatic heterocycles. The van der Waals surface area contributed by atoms with E-state index in [1.165, 1.54) is 12.7 Å². The molecular weight excluding hydrogens is 238 g/mol. The van der Waals surface area contributed by atoms with Crippen LogP contribution < -0.4 is 5.32 Å². The normalized spacial score (nSPS) is 32.4. The maximum Gasteiger partial charge on any atom is 0.148 e. The molecule has 0 bridgehead atoms. The Labute approximate surface area is 105 Å². The highest BCUT2D eigenvalue weighted by atomic mass is 32.2. The minimum atomic E-state index is -2.95. The van der Waals surface area contributed by atoms with E-state index in [0.29, 0.717) is 12.5 Å². The van der Waals surface area contributed by atoms with E-state index >= 15 is 0 Å². The monoisotopic (exact) mass is 263 g/mol. The Kier molecular flexibility index (Phi) is 4.98. The third-order valence-corrected chi connectivity index (χ3v) is 4.51. The second-order valence-corrected chi connectivity index (χ2v) is 7.99. The molecule has 0 saturated heterocycles. The van der Waals surface area contributed by atoms with Crippen LogP contribution in [0.4, 0.5) is 0 Å². The molecule has 0 heterocycles. The van der Waals surface area contributed by atoms with Crippen LogP contribution in [0.15, 0.2) is 0 Å². The van der Waals surface area contributed by atoms with Crippen LogP contribution in [0.25, 0.3) is 0 Å². The first kappa shape index (κ1) is 14.9. The van der Waals surface area contributed by atoms with E-state index in [2.05, 4.69) is 12.2 Å². The molecule has 1 rings (SSSR count). The quantitative estimate of drug-likeness (QED) is 0.775. The summed E-state index contributed by atoms with van der Waals surface area (Å²) in [5.74, 6) is 0.680. The average Bonchev–Trinajstić information content (AvgIpc) is 2.12. The highest BCUT2D eigenvalue weighted by Gasteiger charge is 2.32. The van der Waals surface area contributed by atoms with Crippen LogP contribution in [0.5, 0.6) is 0 Å². The minimum Gasteiger partial charge on any atom is -0.389 e. The lowest BCUT2D eigenvalue weighted by Gasteiger charge is -2.36. The summed E-state index contributed by atoms with van der Waals surface area (Å²) in [6, 6.07) is -0.105. The fraction of sp³-hybridized carbons (Fsp3) is 1.00. The van der Waals surface area contributed by atoms with E-state index in [0.717, 1.165) is 19.3 Å². The Morgan fingerprint density at radius 1 is 1.53 bits per heavy atom. The molecule has 1 fully saturated rings. The number of hydrogen-bond donors (Lipinski definition) is 2. The molecule has 3 atom stereocenters. The summed E-state index contributed by atoms with van der Waals surface area (Å²) in [5.41, 5.74) is -0.649. The second kappa shape index (κ2) is 5.67.